The molecule has 35 heavy (non-hydrogen) atoms. The van der Waals surface area contributed by atoms with Crippen LogP contribution in [0.4, 0.5) is 0 Å². The van der Waals surface area contributed by atoms with Crippen LogP contribution in [0.2, 0.25) is 0 Å². The van der Waals surface area contributed by atoms with Crippen molar-refractivity contribution in [1.82, 2.24) is 15.2 Å². The molecule has 0 amide bonds. The van der Waals surface area contributed by atoms with Crippen LogP contribution in [-0.2, 0) is 5.41 Å². The summed E-state index contributed by atoms with van der Waals surface area (Å²) in [7, 11) is 0. The van der Waals surface area contributed by atoms with Crippen LogP contribution in [0, 0.1) is 18.3 Å². The highest BCUT2D eigenvalue weighted by Gasteiger charge is 2.23. The molecule has 6 rings (SSSR count). The fourth-order valence-corrected chi connectivity index (χ4v) is 4.73. The predicted octanol–water partition coefficient (Wildman–Crippen LogP) is 7.33. The molecule has 3 aromatic heterocycles. The first-order chi connectivity index (χ1) is 16.8. The number of aryl methyl sites for hydroxylation is 1. The molecule has 0 N–H and O–H groups in total. The summed E-state index contributed by atoms with van der Waals surface area (Å²) >= 11 is 0. The lowest BCUT2D eigenvalue weighted by molar-refractivity contribution is 0.532. The summed E-state index contributed by atoms with van der Waals surface area (Å²) in [4.78, 5) is 4.72. The molecule has 6 heteroatoms. The Morgan fingerprint density at radius 1 is 0.857 bits per heavy atom. The fourth-order valence-electron chi connectivity index (χ4n) is 4.73. The summed E-state index contributed by atoms with van der Waals surface area (Å²) < 4.78 is 12.0. The van der Waals surface area contributed by atoms with Gasteiger partial charge in [-0.3, -0.25) is 4.98 Å². The smallest absolute Gasteiger partial charge is 0.249 e. The first kappa shape index (κ1) is 21.1. The van der Waals surface area contributed by atoms with Crippen molar-refractivity contribution in [2.45, 2.75) is 33.1 Å². The molecular formula is C29H22N4O2. The lowest BCUT2D eigenvalue weighted by atomic mass is 9.82. The van der Waals surface area contributed by atoms with E-state index in [9.17, 15) is 5.26 Å². The average molecular weight is 459 g/mol. The maximum atomic E-state index is 10.0. The third-order valence-corrected chi connectivity index (χ3v) is 6.37. The van der Waals surface area contributed by atoms with Crippen LogP contribution >= 0.6 is 0 Å². The van der Waals surface area contributed by atoms with Gasteiger partial charge >= 0.3 is 0 Å². The summed E-state index contributed by atoms with van der Waals surface area (Å²) in [6.45, 7) is 8.37. The van der Waals surface area contributed by atoms with Crippen LogP contribution in [0.5, 0.6) is 0 Å². The largest absolute Gasteiger partial charge is 0.452 e. The lowest BCUT2D eigenvalue weighted by Crippen LogP contribution is -2.12. The SMILES string of the molecule is Cc1nnc(-c2ccc3c(oc4c(-c5cc(C(C)(C)C)c6ccccc6c5)nccc43)c2C#N)o1. The first-order valence-corrected chi connectivity index (χ1v) is 11.4. The summed E-state index contributed by atoms with van der Waals surface area (Å²) in [5.74, 6) is 0.732. The molecule has 0 saturated carbocycles. The zero-order valence-electron chi connectivity index (χ0n) is 19.9. The third kappa shape index (κ3) is 3.28. The molecular weight excluding hydrogens is 436 g/mol. The van der Waals surface area contributed by atoms with E-state index in [-0.39, 0.29) is 5.41 Å². The van der Waals surface area contributed by atoms with E-state index in [4.69, 9.17) is 13.8 Å². The second kappa shape index (κ2) is 7.51. The highest BCUT2D eigenvalue weighted by molar-refractivity contribution is 6.11. The predicted molar refractivity (Wildman–Crippen MR) is 136 cm³/mol. The van der Waals surface area contributed by atoms with Crippen LogP contribution < -0.4 is 0 Å². The van der Waals surface area contributed by atoms with Crippen molar-refractivity contribution in [3.05, 3.63) is 77.8 Å². The van der Waals surface area contributed by atoms with Gasteiger partial charge in [0, 0.05) is 29.5 Å². The quantitative estimate of drug-likeness (QED) is 0.270. The zero-order chi connectivity index (χ0) is 24.3. The second-order valence-electron chi connectivity index (χ2n) is 9.74. The van der Waals surface area contributed by atoms with E-state index in [1.165, 1.54) is 10.9 Å². The van der Waals surface area contributed by atoms with Gasteiger partial charge in [0.1, 0.15) is 17.3 Å². The molecule has 0 radical (unpaired) electrons. The number of pyridine rings is 1. The minimum absolute atomic E-state index is 0.0531. The summed E-state index contributed by atoms with van der Waals surface area (Å²) in [6.07, 6.45) is 1.79. The molecule has 6 aromatic rings. The zero-order valence-corrected chi connectivity index (χ0v) is 19.9. The van der Waals surface area contributed by atoms with E-state index in [1.807, 2.05) is 24.3 Å². The fraction of sp³-hybridized carbons (Fsp3) is 0.172. The second-order valence-corrected chi connectivity index (χ2v) is 9.74. The van der Waals surface area contributed by atoms with E-state index in [0.717, 1.165) is 27.4 Å². The standard InChI is InChI=1S/C29H22N4O2/c1-16-32-33-28(34-16)22-10-9-20-21-11-12-31-25(27(21)35-26(20)23(22)15-30)18-13-17-7-5-6-8-19(17)24(14-18)29(2,3)4/h5-14H,1-4H3. The number of hydrogen-bond acceptors (Lipinski definition) is 6. The topological polar surface area (TPSA) is 88.7 Å². The van der Waals surface area contributed by atoms with Crippen molar-refractivity contribution in [3.8, 4) is 28.8 Å². The average Bonchev–Trinajstić information content (AvgIpc) is 3.45. The molecule has 0 aliphatic rings. The molecule has 0 saturated heterocycles. The number of nitrogens with zero attached hydrogens (tertiary/aromatic N) is 4. The molecule has 0 atom stereocenters. The summed E-state index contributed by atoms with van der Waals surface area (Å²) in [5.41, 5.74) is 4.96. The Morgan fingerprint density at radius 3 is 2.40 bits per heavy atom. The van der Waals surface area contributed by atoms with E-state index in [2.05, 4.69) is 67.4 Å². The van der Waals surface area contributed by atoms with Gasteiger partial charge in [-0.15, -0.1) is 10.2 Å². The van der Waals surface area contributed by atoms with Gasteiger partial charge in [-0.2, -0.15) is 5.26 Å². The van der Waals surface area contributed by atoms with Gasteiger partial charge in [0.2, 0.25) is 11.8 Å². The third-order valence-electron chi connectivity index (χ3n) is 6.37. The van der Waals surface area contributed by atoms with E-state index < -0.39 is 0 Å². The maximum Gasteiger partial charge on any atom is 0.249 e. The van der Waals surface area contributed by atoms with Gasteiger partial charge in [-0.25, -0.2) is 0 Å². The minimum Gasteiger partial charge on any atom is -0.452 e. The first-order valence-electron chi connectivity index (χ1n) is 11.4. The Labute approximate surface area is 201 Å². The molecule has 170 valence electrons. The molecule has 3 heterocycles. The van der Waals surface area contributed by atoms with E-state index in [0.29, 0.717) is 34.1 Å². The lowest BCUT2D eigenvalue weighted by Gasteiger charge is -2.22. The van der Waals surface area contributed by atoms with Gasteiger partial charge in [0.25, 0.3) is 0 Å². The maximum absolute atomic E-state index is 10.0. The summed E-state index contributed by atoms with van der Waals surface area (Å²) in [5, 5.41) is 22.1. The number of benzene rings is 3. The number of aromatic nitrogens is 3. The Bertz CT molecular complexity index is 1810. The van der Waals surface area contributed by atoms with Crippen LogP contribution in [0.1, 0.15) is 37.8 Å². The van der Waals surface area contributed by atoms with Crippen molar-refractivity contribution in [1.29, 1.82) is 5.26 Å². The molecule has 0 aliphatic carbocycles. The molecule has 0 fully saturated rings. The normalized spacial score (nSPS) is 12.0. The number of nitriles is 1. The van der Waals surface area contributed by atoms with Crippen LogP contribution in [0.25, 0.3) is 55.4 Å². The molecule has 6 nitrogen and oxygen atoms in total. The van der Waals surface area contributed by atoms with Gasteiger partial charge in [-0.1, -0.05) is 45.0 Å². The monoisotopic (exact) mass is 458 g/mol. The van der Waals surface area contributed by atoms with Crippen LogP contribution in [-0.4, -0.2) is 15.2 Å². The number of hydrogen-bond donors (Lipinski definition) is 0. The Kier molecular flexibility index (Phi) is 4.52. The number of fused-ring (bicyclic) bond motifs is 4. The van der Waals surface area contributed by atoms with E-state index >= 15 is 0 Å². The molecule has 0 unspecified atom stereocenters. The Morgan fingerprint density at radius 2 is 1.66 bits per heavy atom. The van der Waals surface area contributed by atoms with Crippen molar-refractivity contribution >= 4 is 32.7 Å². The Hall–Kier alpha value is -4.50. The summed E-state index contributed by atoms with van der Waals surface area (Å²) in [6, 6.07) is 20.7. The van der Waals surface area contributed by atoms with Crippen LogP contribution in [0.3, 0.4) is 0 Å². The number of rotatable bonds is 2. The van der Waals surface area contributed by atoms with Crippen LogP contribution in [0.15, 0.2) is 69.6 Å². The van der Waals surface area contributed by atoms with Crippen molar-refractivity contribution < 1.29 is 8.83 Å². The highest BCUT2D eigenvalue weighted by atomic mass is 16.4. The Balaban J connectivity index is 1.65. The van der Waals surface area contributed by atoms with Crippen molar-refractivity contribution in [2.24, 2.45) is 0 Å². The van der Waals surface area contributed by atoms with Gasteiger partial charge in [0.15, 0.2) is 11.2 Å². The van der Waals surface area contributed by atoms with Crippen molar-refractivity contribution in [3.63, 3.8) is 0 Å². The van der Waals surface area contributed by atoms with E-state index in [1.54, 1.807) is 13.1 Å². The highest BCUT2D eigenvalue weighted by Crippen LogP contribution is 2.40. The minimum atomic E-state index is -0.0531. The molecule has 3 aromatic carbocycles. The molecule has 0 spiro atoms. The molecule has 0 aliphatic heterocycles. The van der Waals surface area contributed by atoms with Crippen molar-refractivity contribution in [2.75, 3.05) is 0 Å². The van der Waals surface area contributed by atoms with Gasteiger partial charge in [0.05, 0.1) is 5.56 Å². The van der Waals surface area contributed by atoms with Gasteiger partial charge < -0.3 is 8.83 Å². The van der Waals surface area contributed by atoms with Gasteiger partial charge in [-0.05, 0) is 52.1 Å². The molecule has 0 bridgehead atoms. The number of furan rings is 1.